The maximum Gasteiger partial charge on any atom is 0.306 e. The van der Waals surface area contributed by atoms with Crippen LogP contribution < -0.4 is 0 Å². The summed E-state index contributed by atoms with van der Waals surface area (Å²) in [7, 11) is 0. The second-order valence-electron chi connectivity index (χ2n) is 3.08. The van der Waals surface area contributed by atoms with E-state index in [1.54, 1.807) is 0 Å². The number of esters is 1. The predicted molar refractivity (Wildman–Crippen MR) is 47.8 cm³/mol. The summed E-state index contributed by atoms with van der Waals surface area (Å²) in [6.07, 6.45) is 10.2. The third kappa shape index (κ3) is 4.16. The lowest BCUT2D eigenvalue weighted by Gasteiger charge is -2.01. The van der Waals surface area contributed by atoms with E-state index in [-0.39, 0.29) is 5.97 Å². The van der Waals surface area contributed by atoms with E-state index in [4.69, 9.17) is 4.74 Å². The minimum atomic E-state index is -0.0541. The Bertz CT molecular complexity index is 161. The SMILES string of the molecule is O=C1CC/C=C\CCCCCO1. The number of allylic oxidation sites excluding steroid dienone is 2. The van der Waals surface area contributed by atoms with Gasteiger partial charge in [-0.3, -0.25) is 4.79 Å². The first-order chi connectivity index (χ1) is 5.89. The first-order valence-electron chi connectivity index (χ1n) is 4.70. The molecule has 0 spiro atoms. The minimum absolute atomic E-state index is 0.0541. The van der Waals surface area contributed by atoms with Crippen molar-refractivity contribution in [3.05, 3.63) is 12.2 Å². The van der Waals surface area contributed by atoms with Gasteiger partial charge in [0.1, 0.15) is 0 Å². The van der Waals surface area contributed by atoms with Crippen molar-refractivity contribution in [2.75, 3.05) is 6.61 Å². The van der Waals surface area contributed by atoms with Gasteiger partial charge in [0.15, 0.2) is 0 Å². The molecule has 0 unspecified atom stereocenters. The van der Waals surface area contributed by atoms with E-state index in [1.807, 2.05) is 0 Å². The number of hydrogen-bond donors (Lipinski definition) is 0. The van der Waals surface area contributed by atoms with Crippen LogP contribution in [0, 0.1) is 0 Å². The van der Waals surface area contributed by atoms with Crippen molar-refractivity contribution in [2.45, 2.75) is 38.5 Å². The van der Waals surface area contributed by atoms with Crippen LogP contribution in [0.3, 0.4) is 0 Å². The fourth-order valence-corrected chi connectivity index (χ4v) is 1.24. The van der Waals surface area contributed by atoms with Gasteiger partial charge in [0.2, 0.25) is 0 Å². The summed E-state index contributed by atoms with van der Waals surface area (Å²) in [5, 5.41) is 0. The van der Waals surface area contributed by atoms with Crippen LogP contribution in [0.4, 0.5) is 0 Å². The van der Waals surface area contributed by atoms with E-state index in [9.17, 15) is 4.79 Å². The fraction of sp³-hybridized carbons (Fsp3) is 0.700. The zero-order valence-corrected chi connectivity index (χ0v) is 7.42. The molecule has 2 nitrogen and oxygen atoms in total. The first-order valence-corrected chi connectivity index (χ1v) is 4.70. The minimum Gasteiger partial charge on any atom is -0.466 e. The van der Waals surface area contributed by atoms with Gasteiger partial charge < -0.3 is 4.74 Å². The van der Waals surface area contributed by atoms with Gasteiger partial charge in [0.05, 0.1) is 6.61 Å². The number of ether oxygens (including phenoxy) is 1. The number of carbonyl (C=O) groups excluding carboxylic acids is 1. The maximum atomic E-state index is 11.0. The third-order valence-corrected chi connectivity index (χ3v) is 1.96. The molecule has 0 amide bonds. The Labute approximate surface area is 73.6 Å². The molecular weight excluding hydrogens is 152 g/mol. The van der Waals surface area contributed by atoms with Crippen molar-refractivity contribution >= 4 is 5.97 Å². The highest BCUT2D eigenvalue weighted by Crippen LogP contribution is 2.05. The number of carbonyl (C=O) groups is 1. The van der Waals surface area contributed by atoms with Crippen molar-refractivity contribution in [1.29, 1.82) is 0 Å². The monoisotopic (exact) mass is 168 g/mol. The Hall–Kier alpha value is -0.790. The summed E-state index contributed by atoms with van der Waals surface area (Å²) < 4.78 is 5.00. The van der Waals surface area contributed by atoms with Crippen molar-refractivity contribution in [3.8, 4) is 0 Å². The Morgan fingerprint density at radius 3 is 2.83 bits per heavy atom. The Morgan fingerprint density at radius 1 is 1.08 bits per heavy atom. The quantitative estimate of drug-likeness (QED) is 0.410. The van der Waals surface area contributed by atoms with Crippen molar-refractivity contribution in [2.24, 2.45) is 0 Å². The average molecular weight is 168 g/mol. The van der Waals surface area contributed by atoms with Gasteiger partial charge in [-0.1, -0.05) is 12.2 Å². The second kappa shape index (κ2) is 5.81. The zero-order chi connectivity index (χ0) is 8.65. The normalized spacial score (nSPS) is 23.8. The molecule has 0 saturated carbocycles. The molecule has 0 radical (unpaired) electrons. The van der Waals surface area contributed by atoms with Crippen molar-refractivity contribution < 1.29 is 9.53 Å². The molecule has 1 rings (SSSR count). The van der Waals surface area contributed by atoms with Gasteiger partial charge in [-0.15, -0.1) is 0 Å². The van der Waals surface area contributed by atoms with Crippen LogP contribution in [0.1, 0.15) is 38.5 Å². The lowest BCUT2D eigenvalue weighted by atomic mass is 10.2. The molecule has 1 heterocycles. The van der Waals surface area contributed by atoms with E-state index in [1.165, 1.54) is 6.42 Å². The highest BCUT2D eigenvalue weighted by atomic mass is 16.5. The smallest absolute Gasteiger partial charge is 0.306 e. The Balaban J connectivity index is 2.27. The predicted octanol–water partition coefficient (Wildman–Crippen LogP) is 2.44. The molecule has 68 valence electrons. The Kier molecular flexibility index (Phi) is 4.50. The van der Waals surface area contributed by atoms with Crippen LogP contribution in [-0.2, 0) is 9.53 Å². The van der Waals surface area contributed by atoms with Crippen LogP contribution in [0.5, 0.6) is 0 Å². The molecule has 0 aromatic heterocycles. The summed E-state index contributed by atoms with van der Waals surface area (Å²) in [6, 6.07) is 0. The lowest BCUT2D eigenvalue weighted by Crippen LogP contribution is -2.04. The largest absolute Gasteiger partial charge is 0.466 e. The summed E-state index contributed by atoms with van der Waals surface area (Å²) in [5.74, 6) is -0.0541. The number of cyclic esters (lactones) is 1. The molecule has 0 aliphatic carbocycles. The molecule has 2 heteroatoms. The molecule has 0 aromatic rings. The van der Waals surface area contributed by atoms with Gasteiger partial charge in [-0.2, -0.15) is 0 Å². The number of rotatable bonds is 0. The molecular formula is C10H16O2. The van der Waals surface area contributed by atoms with Crippen LogP contribution in [0.25, 0.3) is 0 Å². The van der Waals surface area contributed by atoms with Gasteiger partial charge in [-0.05, 0) is 32.1 Å². The van der Waals surface area contributed by atoms with E-state index >= 15 is 0 Å². The average Bonchev–Trinajstić information content (AvgIpc) is 2.11. The molecule has 0 aromatic carbocycles. The van der Waals surface area contributed by atoms with Crippen LogP contribution >= 0.6 is 0 Å². The van der Waals surface area contributed by atoms with E-state index in [0.29, 0.717) is 13.0 Å². The van der Waals surface area contributed by atoms with Crippen LogP contribution in [0.15, 0.2) is 12.2 Å². The summed E-state index contributed by atoms with van der Waals surface area (Å²) in [4.78, 5) is 11.0. The fourth-order valence-electron chi connectivity index (χ4n) is 1.24. The van der Waals surface area contributed by atoms with E-state index in [2.05, 4.69) is 12.2 Å². The molecule has 0 saturated heterocycles. The van der Waals surface area contributed by atoms with Gasteiger partial charge in [0.25, 0.3) is 0 Å². The molecule has 0 bridgehead atoms. The lowest BCUT2D eigenvalue weighted by molar-refractivity contribution is -0.143. The topological polar surface area (TPSA) is 26.3 Å². The molecule has 0 N–H and O–H groups in total. The first kappa shape index (κ1) is 9.30. The van der Waals surface area contributed by atoms with E-state index < -0.39 is 0 Å². The molecule has 0 atom stereocenters. The summed E-state index contributed by atoms with van der Waals surface area (Å²) in [6.45, 7) is 0.610. The Morgan fingerprint density at radius 2 is 1.92 bits per heavy atom. The second-order valence-corrected chi connectivity index (χ2v) is 3.08. The van der Waals surface area contributed by atoms with Crippen LogP contribution in [-0.4, -0.2) is 12.6 Å². The van der Waals surface area contributed by atoms with Gasteiger partial charge in [-0.25, -0.2) is 0 Å². The van der Waals surface area contributed by atoms with Crippen molar-refractivity contribution in [3.63, 3.8) is 0 Å². The zero-order valence-electron chi connectivity index (χ0n) is 7.42. The molecule has 1 aliphatic heterocycles. The highest BCUT2D eigenvalue weighted by molar-refractivity contribution is 5.69. The van der Waals surface area contributed by atoms with Gasteiger partial charge >= 0.3 is 5.97 Å². The highest BCUT2D eigenvalue weighted by Gasteiger charge is 2.01. The van der Waals surface area contributed by atoms with Crippen molar-refractivity contribution in [1.82, 2.24) is 0 Å². The third-order valence-electron chi connectivity index (χ3n) is 1.96. The number of hydrogen-bond acceptors (Lipinski definition) is 2. The molecule has 0 fully saturated rings. The molecule has 1 aliphatic rings. The van der Waals surface area contributed by atoms with Crippen LogP contribution in [0.2, 0.25) is 0 Å². The van der Waals surface area contributed by atoms with E-state index in [0.717, 1.165) is 25.7 Å². The maximum absolute atomic E-state index is 11.0. The standard InChI is InChI=1S/C10H16O2/c11-10-8-6-4-2-1-3-5-7-9-12-10/h2,4H,1,3,5-9H2/b4-2-. The summed E-state index contributed by atoms with van der Waals surface area (Å²) in [5.41, 5.74) is 0. The van der Waals surface area contributed by atoms with Gasteiger partial charge in [0, 0.05) is 6.42 Å². The molecule has 12 heavy (non-hydrogen) atoms. The summed E-state index contributed by atoms with van der Waals surface area (Å²) >= 11 is 0.